The number of carboxylic acid groups (broad SMARTS) is 1. The summed E-state index contributed by atoms with van der Waals surface area (Å²) in [6.07, 6.45) is 0.463. The van der Waals surface area contributed by atoms with Crippen molar-refractivity contribution in [3.63, 3.8) is 0 Å². The van der Waals surface area contributed by atoms with Crippen LogP contribution < -0.4 is 10.6 Å². The van der Waals surface area contributed by atoms with Crippen LogP contribution in [0.4, 0.5) is 4.79 Å². The molecule has 100 valence electrons. The number of furan rings is 1. The van der Waals surface area contributed by atoms with Crippen molar-refractivity contribution >= 4 is 12.0 Å². The zero-order chi connectivity index (χ0) is 13.5. The fourth-order valence-corrected chi connectivity index (χ4v) is 1.45. The van der Waals surface area contributed by atoms with Gasteiger partial charge in [0.05, 0.1) is 6.04 Å². The summed E-state index contributed by atoms with van der Waals surface area (Å²) < 4.78 is 5.38. The monoisotopic (exact) mass is 254 g/mol. The number of hydrogen-bond donors (Lipinski definition) is 3. The van der Waals surface area contributed by atoms with Gasteiger partial charge in [-0.2, -0.15) is 0 Å². The van der Waals surface area contributed by atoms with Crippen LogP contribution in [0.25, 0.3) is 0 Å². The Morgan fingerprint density at radius 2 is 2.17 bits per heavy atom. The first-order chi connectivity index (χ1) is 8.49. The molecule has 0 aliphatic carbocycles. The average Bonchev–Trinajstić information content (AvgIpc) is 2.71. The molecule has 2 amide bonds. The number of urea groups is 1. The van der Waals surface area contributed by atoms with Gasteiger partial charge in [0.1, 0.15) is 11.5 Å². The highest BCUT2D eigenvalue weighted by Gasteiger charge is 2.12. The third-order valence-electron chi connectivity index (χ3n) is 2.39. The molecule has 1 heterocycles. The number of hydrogen-bond acceptors (Lipinski definition) is 3. The Kier molecular flexibility index (Phi) is 5.23. The quantitative estimate of drug-likeness (QED) is 0.675. The Balaban J connectivity index is 2.25. The van der Waals surface area contributed by atoms with E-state index in [9.17, 15) is 9.59 Å². The lowest BCUT2D eigenvalue weighted by atomic mass is 10.2. The maximum absolute atomic E-state index is 11.5. The molecule has 0 saturated heterocycles. The van der Waals surface area contributed by atoms with Crippen LogP contribution in [-0.4, -0.2) is 23.7 Å². The van der Waals surface area contributed by atoms with Crippen LogP contribution in [0.3, 0.4) is 0 Å². The molecule has 0 aliphatic rings. The number of aliphatic carboxylic acids is 1. The van der Waals surface area contributed by atoms with Crippen molar-refractivity contribution in [3.05, 3.63) is 23.7 Å². The molecule has 0 aliphatic heterocycles. The van der Waals surface area contributed by atoms with Gasteiger partial charge in [-0.1, -0.05) is 0 Å². The number of amides is 2. The second-order valence-corrected chi connectivity index (χ2v) is 4.07. The van der Waals surface area contributed by atoms with Crippen molar-refractivity contribution in [2.45, 2.75) is 32.7 Å². The van der Waals surface area contributed by atoms with Crippen LogP contribution in [0.5, 0.6) is 0 Å². The van der Waals surface area contributed by atoms with Crippen molar-refractivity contribution in [1.29, 1.82) is 0 Å². The molecule has 1 aromatic rings. The van der Waals surface area contributed by atoms with Crippen molar-refractivity contribution in [2.75, 3.05) is 6.54 Å². The summed E-state index contributed by atoms with van der Waals surface area (Å²) in [5.41, 5.74) is 0. The Hall–Kier alpha value is -1.98. The standard InChI is InChI=1S/C12H18N2O4/c1-8-5-6-10(18-8)9(2)14-12(17)13-7-3-4-11(15)16/h5-6,9H,3-4,7H2,1-2H3,(H,15,16)(H2,13,14,17). The lowest BCUT2D eigenvalue weighted by Gasteiger charge is -2.12. The smallest absolute Gasteiger partial charge is 0.315 e. The van der Waals surface area contributed by atoms with Crippen LogP contribution in [-0.2, 0) is 4.79 Å². The Morgan fingerprint density at radius 3 is 2.72 bits per heavy atom. The lowest BCUT2D eigenvalue weighted by molar-refractivity contribution is -0.137. The van der Waals surface area contributed by atoms with E-state index in [-0.39, 0.29) is 18.5 Å². The number of nitrogens with one attached hydrogen (secondary N) is 2. The predicted molar refractivity (Wildman–Crippen MR) is 65.3 cm³/mol. The van der Waals surface area contributed by atoms with E-state index in [4.69, 9.17) is 9.52 Å². The second kappa shape index (κ2) is 6.68. The Bertz CT molecular complexity index is 414. The lowest BCUT2D eigenvalue weighted by Crippen LogP contribution is -2.37. The third-order valence-corrected chi connectivity index (χ3v) is 2.39. The fourth-order valence-electron chi connectivity index (χ4n) is 1.45. The summed E-state index contributed by atoms with van der Waals surface area (Å²) in [5, 5.41) is 13.7. The minimum absolute atomic E-state index is 0.0488. The van der Waals surface area contributed by atoms with Crippen molar-refractivity contribution in [2.24, 2.45) is 0 Å². The van der Waals surface area contributed by atoms with Crippen LogP contribution in [0.1, 0.15) is 37.3 Å². The normalized spacial score (nSPS) is 11.9. The average molecular weight is 254 g/mol. The van der Waals surface area contributed by atoms with Crippen molar-refractivity contribution in [1.82, 2.24) is 10.6 Å². The zero-order valence-corrected chi connectivity index (χ0v) is 10.5. The molecule has 6 heteroatoms. The minimum Gasteiger partial charge on any atom is -0.481 e. The molecule has 0 fully saturated rings. The molecule has 0 spiro atoms. The maximum atomic E-state index is 11.5. The Labute approximate surface area is 105 Å². The second-order valence-electron chi connectivity index (χ2n) is 4.07. The molecule has 3 N–H and O–H groups in total. The van der Waals surface area contributed by atoms with Gasteiger partial charge < -0.3 is 20.2 Å². The third kappa shape index (κ3) is 4.90. The summed E-state index contributed by atoms with van der Waals surface area (Å²) in [6, 6.07) is 3.09. The molecule has 18 heavy (non-hydrogen) atoms. The summed E-state index contributed by atoms with van der Waals surface area (Å²) in [4.78, 5) is 21.7. The van der Waals surface area contributed by atoms with E-state index in [1.165, 1.54) is 0 Å². The van der Waals surface area contributed by atoms with Crippen LogP contribution in [0.2, 0.25) is 0 Å². The SMILES string of the molecule is Cc1ccc(C(C)NC(=O)NCCCC(=O)O)o1. The minimum atomic E-state index is -0.864. The van der Waals surface area contributed by atoms with Crippen LogP contribution in [0.15, 0.2) is 16.5 Å². The highest BCUT2D eigenvalue weighted by Crippen LogP contribution is 2.14. The van der Waals surface area contributed by atoms with Crippen molar-refractivity contribution in [3.8, 4) is 0 Å². The van der Waals surface area contributed by atoms with Crippen molar-refractivity contribution < 1.29 is 19.1 Å². The highest BCUT2D eigenvalue weighted by molar-refractivity contribution is 5.74. The van der Waals surface area contributed by atoms with E-state index in [1.807, 2.05) is 26.0 Å². The van der Waals surface area contributed by atoms with E-state index < -0.39 is 5.97 Å². The predicted octanol–water partition coefficient (Wildman–Crippen LogP) is 1.81. The van der Waals surface area contributed by atoms with Gasteiger partial charge in [0.15, 0.2) is 0 Å². The highest BCUT2D eigenvalue weighted by atomic mass is 16.4. The van der Waals surface area contributed by atoms with E-state index in [1.54, 1.807) is 0 Å². The molecule has 6 nitrogen and oxygen atoms in total. The van der Waals surface area contributed by atoms with Gasteiger partial charge in [0.2, 0.25) is 0 Å². The zero-order valence-electron chi connectivity index (χ0n) is 10.5. The summed E-state index contributed by atoms with van der Waals surface area (Å²) >= 11 is 0. The van der Waals surface area contributed by atoms with Gasteiger partial charge in [-0.25, -0.2) is 4.79 Å². The van der Waals surface area contributed by atoms with Gasteiger partial charge in [0, 0.05) is 13.0 Å². The largest absolute Gasteiger partial charge is 0.481 e. The fraction of sp³-hybridized carbons (Fsp3) is 0.500. The summed E-state index contributed by atoms with van der Waals surface area (Å²) in [7, 11) is 0. The molecule has 1 rings (SSSR count). The Morgan fingerprint density at radius 1 is 1.44 bits per heavy atom. The molecule has 0 aromatic carbocycles. The first kappa shape index (κ1) is 14.1. The van der Waals surface area contributed by atoms with Crippen LogP contribution in [0, 0.1) is 6.92 Å². The van der Waals surface area contributed by atoms with Gasteiger partial charge in [0.25, 0.3) is 0 Å². The molecule has 0 saturated carbocycles. The molecule has 0 radical (unpaired) electrons. The summed E-state index contributed by atoms with van der Waals surface area (Å²) in [5.74, 6) is 0.616. The van der Waals surface area contributed by atoms with Gasteiger partial charge in [-0.3, -0.25) is 4.79 Å². The van der Waals surface area contributed by atoms with E-state index in [0.717, 1.165) is 5.76 Å². The van der Waals surface area contributed by atoms with Gasteiger partial charge in [-0.05, 0) is 32.4 Å². The number of carboxylic acids is 1. The van der Waals surface area contributed by atoms with E-state index in [0.29, 0.717) is 18.7 Å². The van der Waals surface area contributed by atoms with E-state index in [2.05, 4.69) is 10.6 Å². The number of rotatable bonds is 6. The number of carbonyl (C=O) groups is 2. The number of carbonyl (C=O) groups excluding carboxylic acids is 1. The first-order valence-electron chi connectivity index (χ1n) is 5.81. The molecule has 0 bridgehead atoms. The van der Waals surface area contributed by atoms with E-state index >= 15 is 0 Å². The molecule has 1 unspecified atom stereocenters. The molecule has 1 aromatic heterocycles. The first-order valence-corrected chi connectivity index (χ1v) is 5.81. The van der Waals surface area contributed by atoms with Gasteiger partial charge in [-0.15, -0.1) is 0 Å². The maximum Gasteiger partial charge on any atom is 0.315 e. The van der Waals surface area contributed by atoms with Crippen LogP contribution >= 0.6 is 0 Å². The number of aryl methyl sites for hydroxylation is 1. The topological polar surface area (TPSA) is 91.6 Å². The molecular weight excluding hydrogens is 236 g/mol. The summed E-state index contributed by atoms with van der Waals surface area (Å²) in [6.45, 7) is 3.99. The van der Waals surface area contributed by atoms with Gasteiger partial charge >= 0.3 is 12.0 Å². The molecular formula is C12H18N2O4. The molecule has 1 atom stereocenters.